The van der Waals surface area contributed by atoms with Crippen LogP contribution in [-0.2, 0) is 11.8 Å². The van der Waals surface area contributed by atoms with Crippen LogP contribution in [0.2, 0.25) is 0 Å². The number of aryl methyl sites for hydroxylation is 1. The molecular weight excluding hydrogens is 332 g/mol. The van der Waals surface area contributed by atoms with Gasteiger partial charge in [-0.25, -0.2) is 0 Å². The molecule has 0 unspecified atom stereocenters. The summed E-state index contributed by atoms with van der Waals surface area (Å²) in [6.07, 6.45) is 0. The van der Waals surface area contributed by atoms with Gasteiger partial charge in [0.2, 0.25) is 5.91 Å². The Hall–Kier alpha value is -2.60. The van der Waals surface area contributed by atoms with Crippen molar-refractivity contribution in [2.24, 2.45) is 7.05 Å². The number of hydrogen-bond donors (Lipinski definition) is 1. The smallest absolute Gasteiger partial charge is 0.237 e. The van der Waals surface area contributed by atoms with Gasteiger partial charge in [-0.2, -0.15) is 0 Å². The second kappa shape index (κ2) is 7.53. The van der Waals surface area contributed by atoms with Crippen LogP contribution in [0.3, 0.4) is 0 Å². The van der Waals surface area contributed by atoms with E-state index in [1.165, 1.54) is 11.8 Å². The highest BCUT2D eigenvalue weighted by molar-refractivity contribution is 8.00. The largest absolute Gasteiger partial charge is 0.325 e. The van der Waals surface area contributed by atoms with E-state index in [0.29, 0.717) is 5.16 Å². The molecule has 2 aromatic carbocycles. The SMILES string of the molecule is Cc1cccc(NC(=O)[C@H](C)Sc2nnc(-c3ccccc3)n2C)c1. The summed E-state index contributed by atoms with van der Waals surface area (Å²) in [5.74, 6) is 0.731. The molecule has 0 bridgehead atoms. The highest BCUT2D eigenvalue weighted by atomic mass is 32.2. The second-order valence-electron chi connectivity index (χ2n) is 5.85. The van der Waals surface area contributed by atoms with Crippen LogP contribution in [0.4, 0.5) is 5.69 Å². The highest BCUT2D eigenvalue weighted by Gasteiger charge is 2.19. The van der Waals surface area contributed by atoms with Crippen LogP contribution >= 0.6 is 11.8 Å². The molecule has 0 aliphatic carbocycles. The standard InChI is InChI=1S/C19H20N4OS/c1-13-8-7-11-16(12-13)20-18(24)14(2)25-19-22-21-17(23(19)3)15-9-5-4-6-10-15/h4-12,14H,1-3H3,(H,20,24)/t14-/m0/s1. The minimum Gasteiger partial charge on any atom is -0.325 e. The molecule has 3 aromatic rings. The van der Waals surface area contributed by atoms with E-state index in [9.17, 15) is 4.79 Å². The van der Waals surface area contributed by atoms with Crippen LogP contribution in [0.5, 0.6) is 0 Å². The summed E-state index contributed by atoms with van der Waals surface area (Å²) in [6, 6.07) is 17.6. The first-order valence-corrected chi connectivity index (χ1v) is 8.91. The second-order valence-corrected chi connectivity index (χ2v) is 7.16. The summed E-state index contributed by atoms with van der Waals surface area (Å²) in [6.45, 7) is 3.87. The van der Waals surface area contributed by atoms with Crippen LogP contribution in [0.25, 0.3) is 11.4 Å². The first-order chi connectivity index (χ1) is 12.0. The molecule has 0 spiro atoms. The normalized spacial score (nSPS) is 12.0. The topological polar surface area (TPSA) is 59.8 Å². The number of carbonyl (C=O) groups is 1. The Morgan fingerprint density at radius 1 is 1.12 bits per heavy atom. The predicted molar refractivity (Wildman–Crippen MR) is 102 cm³/mol. The van der Waals surface area contributed by atoms with Gasteiger partial charge in [-0.15, -0.1) is 10.2 Å². The van der Waals surface area contributed by atoms with Gasteiger partial charge in [-0.1, -0.05) is 54.2 Å². The number of amides is 1. The third-order valence-electron chi connectivity index (χ3n) is 3.80. The molecule has 0 aliphatic heterocycles. The van der Waals surface area contributed by atoms with Crippen molar-refractivity contribution in [3.8, 4) is 11.4 Å². The molecule has 1 N–H and O–H groups in total. The van der Waals surface area contributed by atoms with Crippen LogP contribution in [-0.4, -0.2) is 25.9 Å². The van der Waals surface area contributed by atoms with Crippen molar-refractivity contribution in [3.05, 3.63) is 60.2 Å². The van der Waals surface area contributed by atoms with Crippen molar-refractivity contribution in [1.29, 1.82) is 0 Å². The fraction of sp³-hybridized carbons (Fsp3) is 0.211. The molecule has 0 radical (unpaired) electrons. The number of nitrogens with zero attached hydrogens (tertiary/aromatic N) is 3. The molecule has 128 valence electrons. The number of carbonyl (C=O) groups excluding carboxylic acids is 1. The molecule has 5 nitrogen and oxygen atoms in total. The number of anilines is 1. The van der Waals surface area contributed by atoms with E-state index < -0.39 is 0 Å². The maximum atomic E-state index is 12.4. The zero-order chi connectivity index (χ0) is 17.8. The van der Waals surface area contributed by atoms with E-state index in [1.807, 2.05) is 80.1 Å². The number of rotatable bonds is 5. The van der Waals surface area contributed by atoms with Gasteiger partial charge in [-0.3, -0.25) is 4.79 Å². The van der Waals surface area contributed by atoms with Gasteiger partial charge in [-0.05, 0) is 31.5 Å². The highest BCUT2D eigenvalue weighted by Crippen LogP contribution is 2.26. The van der Waals surface area contributed by atoms with Crippen molar-refractivity contribution in [2.75, 3.05) is 5.32 Å². The number of thioether (sulfide) groups is 1. The monoisotopic (exact) mass is 352 g/mol. The molecule has 6 heteroatoms. The average molecular weight is 352 g/mol. The van der Waals surface area contributed by atoms with Crippen LogP contribution in [0, 0.1) is 6.92 Å². The molecule has 3 rings (SSSR count). The van der Waals surface area contributed by atoms with Crippen molar-refractivity contribution in [1.82, 2.24) is 14.8 Å². The maximum Gasteiger partial charge on any atom is 0.237 e. The zero-order valence-corrected chi connectivity index (χ0v) is 15.2. The molecule has 25 heavy (non-hydrogen) atoms. The van der Waals surface area contributed by atoms with Crippen LogP contribution < -0.4 is 5.32 Å². The molecule has 0 fully saturated rings. The summed E-state index contributed by atoms with van der Waals surface area (Å²) in [5.41, 5.74) is 2.92. The minimum absolute atomic E-state index is 0.0557. The van der Waals surface area contributed by atoms with Gasteiger partial charge in [0.15, 0.2) is 11.0 Å². The van der Waals surface area contributed by atoms with Crippen LogP contribution in [0.15, 0.2) is 59.8 Å². The number of nitrogens with one attached hydrogen (secondary N) is 1. The van der Waals surface area contributed by atoms with E-state index >= 15 is 0 Å². The first-order valence-electron chi connectivity index (χ1n) is 8.03. The Kier molecular flexibility index (Phi) is 5.19. The van der Waals surface area contributed by atoms with Gasteiger partial charge >= 0.3 is 0 Å². The Balaban J connectivity index is 1.70. The Bertz CT molecular complexity index is 876. The third kappa shape index (κ3) is 4.09. The lowest BCUT2D eigenvalue weighted by Gasteiger charge is -2.12. The van der Waals surface area contributed by atoms with Gasteiger partial charge < -0.3 is 9.88 Å². The zero-order valence-electron chi connectivity index (χ0n) is 14.4. The van der Waals surface area contributed by atoms with Crippen molar-refractivity contribution < 1.29 is 4.79 Å². The van der Waals surface area contributed by atoms with Crippen molar-refractivity contribution >= 4 is 23.4 Å². The average Bonchev–Trinajstić information content (AvgIpc) is 2.96. The first kappa shape index (κ1) is 17.2. The lowest BCUT2D eigenvalue weighted by atomic mass is 10.2. The molecule has 1 heterocycles. The van der Waals surface area contributed by atoms with E-state index in [1.54, 1.807) is 0 Å². The van der Waals surface area contributed by atoms with Crippen molar-refractivity contribution in [2.45, 2.75) is 24.3 Å². The van der Waals surface area contributed by atoms with Gasteiger partial charge in [0, 0.05) is 18.3 Å². The number of benzene rings is 2. The molecule has 0 saturated heterocycles. The quantitative estimate of drug-likeness (QED) is 0.707. The predicted octanol–water partition coefficient (Wildman–Crippen LogP) is 3.91. The Labute approximate surface area is 151 Å². The summed E-state index contributed by atoms with van der Waals surface area (Å²) in [4.78, 5) is 12.4. The van der Waals surface area contributed by atoms with E-state index in [4.69, 9.17) is 0 Å². The molecule has 0 saturated carbocycles. The van der Waals surface area contributed by atoms with E-state index in [-0.39, 0.29) is 11.2 Å². The summed E-state index contributed by atoms with van der Waals surface area (Å²) in [7, 11) is 1.91. The third-order valence-corrected chi connectivity index (χ3v) is 4.94. The van der Waals surface area contributed by atoms with Crippen molar-refractivity contribution in [3.63, 3.8) is 0 Å². The summed E-state index contributed by atoms with van der Waals surface area (Å²) >= 11 is 1.39. The molecular formula is C19H20N4OS. The number of hydrogen-bond acceptors (Lipinski definition) is 4. The Morgan fingerprint density at radius 3 is 2.60 bits per heavy atom. The van der Waals surface area contributed by atoms with Gasteiger partial charge in [0.05, 0.1) is 5.25 Å². The fourth-order valence-electron chi connectivity index (χ4n) is 2.43. The summed E-state index contributed by atoms with van der Waals surface area (Å²) in [5, 5.41) is 11.9. The van der Waals surface area contributed by atoms with Gasteiger partial charge in [0.25, 0.3) is 0 Å². The minimum atomic E-state index is -0.285. The van der Waals surface area contributed by atoms with Gasteiger partial charge in [0.1, 0.15) is 0 Å². The Morgan fingerprint density at radius 2 is 1.88 bits per heavy atom. The molecule has 1 atom stereocenters. The van der Waals surface area contributed by atoms with E-state index in [0.717, 1.165) is 22.6 Å². The molecule has 0 aliphatic rings. The fourth-order valence-corrected chi connectivity index (χ4v) is 3.25. The molecule has 1 aromatic heterocycles. The lowest BCUT2D eigenvalue weighted by molar-refractivity contribution is -0.115. The maximum absolute atomic E-state index is 12.4. The number of aromatic nitrogens is 3. The lowest BCUT2D eigenvalue weighted by Crippen LogP contribution is -2.22. The molecule has 1 amide bonds. The van der Waals surface area contributed by atoms with E-state index in [2.05, 4.69) is 15.5 Å². The van der Waals surface area contributed by atoms with Crippen LogP contribution in [0.1, 0.15) is 12.5 Å². The summed E-state index contributed by atoms with van der Waals surface area (Å²) < 4.78 is 1.91.